The molecule has 0 aliphatic carbocycles. The molecule has 0 aromatic carbocycles. The molecule has 0 bridgehead atoms. The van der Waals surface area contributed by atoms with Gasteiger partial charge in [0.05, 0.1) is 10.7 Å². The predicted molar refractivity (Wildman–Crippen MR) is 81.6 cm³/mol. The van der Waals surface area contributed by atoms with E-state index in [2.05, 4.69) is 36.0 Å². The topological polar surface area (TPSA) is 28.2 Å². The molecule has 2 rings (SSSR count). The summed E-state index contributed by atoms with van der Waals surface area (Å²) in [5.41, 5.74) is 1.36. The Hall–Kier alpha value is -0.800. The Labute approximate surface area is 121 Å². The molecule has 19 heavy (non-hydrogen) atoms. The Morgan fingerprint density at radius 2 is 2.16 bits per heavy atom. The van der Waals surface area contributed by atoms with Crippen molar-refractivity contribution >= 4 is 17.4 Å². The van der Waals surface area contributed by atoms with Crippen molar-refractivity contribution in [2.75, 3.05) is 25.5 Å². The number of pyridine rings is 1. The van der Waals surface area contributed by atoms with Crippen molar-refractivity contribution in [2.24, 2.45) is 11.3 Å². The highest BCUT2D eigenvalue weighted by molar-refractivity contribution is 6.31. The lowest BCUT2D eigenvalue weighted by Gasteiger charge is -2.27. The first-order chi connectivity index (χ1) is 8.90. The summed E-state index contributed by atoms with van der Waals surface area (Å²) < 4.78 is 0. The summed E-state index contributed by atoms with van der Waals surface area (Å²) >= 11 is 6.24. The first kappa shape index (κ1) is 14.6. The molecule has 3 nitrogen and oxygen atoms in total. The van der Waals surface area contributed by atoms with Crippen LogP contribution in [0.15, 0.2) is 12.1 Å². The number of anilines is 1. The van der Waals surface area contributed by atoms with E-state index in [-0.39, 0.29) is 0 Å². The van der Waals surface area contributed by atoms with Crippen LogP contribution in [0.3, 0.4) is 0 Å². The van der Waals surface area contributed by atoms with Gasteiger partial charge in [0.25, 0.3) is 0 Å². The molecule has 1 aliphatic heterocycles. The minimum Gasteiger partial charge on any atom is -0.373 e. The SMILES string of the molecule is CNc1ccc(Cl)c(CN2CCC(C(C)(C)C)C2)n1. The molecule has 2 heterocycles. The Balaban J connectivity index is 2.03. The van der Waals surface area contributed by atoms with Crippen LogP contribution in [-0.2, 0) is 6.54 Å². The number of hydrogen-bond donors (Lipinski definition) is 1. The number of nitrogens with zero attached hydrogens (tertiary/aromatic N) is 2. The molecule has 1 aliphatic rings. The monoisotopic (exact) mass is 281 g/mol. The molecule has 0 saturated carbocycles. The van der Waals surface area contributed by atoms with E-state index in [4.69, 9.17) is 11.6 Å². The molecule has 106 valence electrons. The molecule has 1 N–H and O–H groups in total. The van der Waals surface area contributed by atoms with Gasteiger partial charge in [-0.1, -0.05) is 32.4 Å². The van der Waals surface area contributed by atoms with Gasteiger partial charge in [-0.3, -0.25) is 4.90 Å². The molecule has 0 radical (unpaired) electrons. The third kappa shape index (κ3) is 3.61. The Kier molecular flexibility index (Phi) is 4.36. The van der Waals surface area contributed by atoms with Crippen molar-refractivity contribution < 1.29 is 0 Å². The molecule has 1 aromatic rings. The van der Waals surface area contributed by atoms with Crippen molar-refractivity contribution in [2.45, 2.75) is 33.7 Å². The lowest BCUT2D eigenvalue weighted by atomic mass is 9.80. The number of aromatic nitrogens is 1. The molecular formula is C15H24ClN3. The van der Waals surface area contributed by atoms with Crippen molar-refractivity contribution in [3.05, 3.63) is 22.8 Å². The quantitative estimate of drug-likeness (QED) is 0.917. The van der Waals surface area contributed by atoms with Gasteiger partial charge < -0.3 is 5.32 Å². The second-order valence-electron chi connectivity index (χ2n) is 6.46. The highest BCUT2D eigenvalue weighted by Gasteiger charge is 2.31. The number of nitrogens with one attached hydrogen (secondary N) is 1. The van der Waals surface area contributed by atoms with E-state index in [9.17, 15) is 0 Å². The van der Waals surface area contributed by atoms with Gasteiger partial charge >= 0.3 is 0 Å². The van der Waals surface area contributed by atoms with Gasteiger partial charge in [0.2, 0.25) is 0 Å². The van der Waals surface area contributed by atoms with E-state index in [1.54, 1.807) is 0 Å². The minimum atomic E-state index is 0.388. The zero-order valence-corrected chi connectivity index (χ0v) is 13.1. The van der Waals surface area contributed by atoms with Gasteiger partial charge in [-0.15, -0.1) is 0 Å². The van der Waals surface area contributed by atoms with Gasteiger partial charge in [0.15, 0.2) is 0 Å². The predicted octanol–water partition coefficient (Wildman–Crippen LogP) is 3.64. The Morgan fingerprint density at radius 1 is 1.42 bits per heavy atom. The van der Waals surface area contributed by atoms with Crippen LogP contribution in [0.5, 0.6) is 0 Å². The average Bonchev–Trinajstić information content (AvgIpc) is 2.80. The molecule has 4 heteroatoms. The normalized spacial score (nSPS) is 20.8. The smallest absolute Gasteiger partial charge is 0.126 e. The first-order valence-corrected chi connectivity index (χ1v) is 7.33. The van der Waals surface area contributed by atoms with Gasteiger partial charge in [0, 0.05) is 20.1 Å². The van der Waals surface area contributed by atoms with Crippen molar-refractivity contribution in [3.63, 3.8) is 0 Å². The van der Waals surface area contributed by atoms with Crippen LogP contribution in [0, 0.1) is 11.3 Å². The molecule has 0 spiro atoms. The molecule has 1 fully saturated rings. The molecule has 1 aromatic heterocycles. The first-order valence-electron chi connectivity index (χ1n) is 6.95. The van der Waals surface area contributed by atoms with Gasteiger partial charge in [-0.05, 0) is 36.4 Å². The van der Waals surface area contributed by atoms with Crippen LogP contribution >= 0.6 is 11.6 Å². The maximum absolute atomic E-state index is 6.24. The molecule has 1 atom stereocenters. The maximum Gasteiger partial charge on any atom is 0.126 e. The summed E-state index contributed by atoms with van der Waals surface area (Å²) in [6, 6.07) is 3.83. The van der Waals surface area contributed by atoms with E-state index in [0.717, 1.165) is 42.1 Å². The van der Waals surface area contributed by atoms with Crippen molar-refractivity contribution in [3.8, 4) is 0 Å². The minimum absolute atomic E-state index is 0.388. The summed E-state index contributed by atoms with van der Waals surface area (Å²) in [6.45, 7) is 10.1. The molecule has 1 saturated heterocycles. The third-order valence-corrected chi connectivity index (χ3v) is 4.39. The largest absolute Gasteiger partial charge is 0.373 e. The standard InChI is InChI=1S/C15H24ClN3/c1-15(2,3)11-7-8-19(9-11)10-13-12(16)5-6-14(17-4)18-13/h5-6,11H,7-10H2,1-4H3,(H,17,18). The summed E-state index contributed by atoms with van der Waals surface area (Å²) in [6.07, 6.45) is 1.27. The molecule has 1 unspecified atom stereocenters. The van der Waals surface area contributed by atoms with Crippen LogP contribution < -0.4 is 5.32 Å². The fourth-order valence-corrected chi connectivity index (χ4v) is 2.79. The fourth-order valence-electron chi connectivity index (χ4n) is 2.63. The van der Waals surface area contributed by atoms with Gasteiger partial charge in [-0.25, -0.2) is 4.98 Å². The Bertz CT molecular complexity index is 440. The second kappa shape index (κ2) is 5.68. The van der Waals surface area contributed by atoms with E-state index >= 15 is 0 Å². The third-order valence-electron chi connectivity index (χ3n) is 4.05. The van der Waals surface area contributed by atoms with Crippen LogP contribution in [-0.4, -0.2) is 30.0 Å². The Morgan fingerprint density at radius 3 is 2.74 bits per heavy atom. The maximum atomic E-state index is 6.24. The number of rotatable bonds is 3. The average molecular weight is 282 g/mol. The van der Waals surface area contributed by atoms with Crippen LogP contribution in [0.25, 0.3) is 0 Å². The van der Waals surface area contributed by atoms with E-state index in [0.29, 0.717) is 5.41 Å². The number of likely N-dealkylation sites (tertiary alicyclic amines) is 1. The fraction of sp³-hybridized carbons (Fsp3) is 0.667. The van der Waals surface area contributed by atoms with Crippen molar-refractivity contribution in [1.29, 1.82) is 0 Å². The number of hydrogen-bond acceptors (Lipinski definition) is 3. The molecular weight excluding hydrogens is 258 g/mol. The van der Waals surface area contributed by atoms with Crippen LogP contribution in [0.4, 0.5) is 5.82 Å². The van der Waals surface area contributed by atoms with E-state index < -0.39 is 0 Å². The summed E-state index contributed by atoms with van der Waals surface area (Å²) in [4.78, 5) is 7.02. The van der Waals surface area contributed by atoms with Crippen LogP contribution in [0.1, 0.15) is 32.9 Å². The lowest BCUT2D eigenvalue weighted by molar-refractivity contribution is 0.225. The second-order valence-corrected chi connectivity index (χ2v) is 6.87. The number of halogens is 1. The highest BCUT2D eigenvalue weighted by Crippen LogP contribution is 2.34. The zero-order chi connectivity index (χ0) is 14.0. The highest BCUT2D eigenvalue weighted by atomic mass is 35.5. The van der Waals surface area contributed by atoms with Gasteiger partial charge in [-0.2, -0.15) is 0 Å². The molecule has 0 amide bonds. The van der Waals surface area contributed by atoms with Crippen molar-refractivity contribution in [1.82, 2.24) is 9.88 Å². The van der Waals surface area contributed by atoms with E-state index in [1.807, 2.05) is 19.2 Å². The van der Waals surface area contributed by atoms with E-state index in [1.165, 1.54) is 6.42 Å². The summed E-state index contributed by atoms with van der Waals surface area (Å²) in [5, 5.41) is 3.83. The summed E-state index contributed by atoms with van der Waals surface area (Å²) in [5.74, 6) is 1.64. The summed E-state index contributed by atoms with van der Waals surface area (Å²) in [7, 11) is 1.88. The zero-order valence-electron chi connectivity index (χ0n) is 12.3. The van der Waals surface area contributed by atoms with Crippen LogP contribution in [0.2, 0.25) is 5.02 Å². The van der Waals surface area contributed by atoms with Gasteiger partial charge in [0.1, 0.15) is 5.82 Å². The lowest BCUT2D eigenvalue weighted by Crippen LogP contribution is -2.26.